The van der Waals surface area contributed by atoms with Crippen LogP contribution in [0.25, 0.3) is 11.3 Å². The fourth-order valence-electron chi connectivity index (χ4n) is 3.41. The molecule has 1 aliphatic carbocycles. The Morgan fingerprint density at radius 1 is 1.07 bits per heavy atom. The third kappa shape index (κ3) is 4.54. The molecular weight excluding hydrogens is 396 g/mol. The van der Waals surface area contributed by atoms with Gasteiger partial charge in [-0.15, -0.1) is 0 Å². The molecule has 0 spiro atoms. The number of allylic oxidation sites excluding steroid dienone is 3. The predicted octanol–water partition coefficient (Wildman–Crippen LogP) is 5.54. The number of hydrogen-bond acceptors (Lipinski definition) is 4. The minimum absolute atomic E-state index is 0.101. The number of nitrogens with one attached hydrogen (secondary N) is 1. The normalized spacial score (nSPS) is 16.7. The summed E-state index contributed by atoms with van der Waals surface area (Å²) in [6, 6.07) is 19.8. The molecule has 1 atom stereocenters. The Bertz CT molecular complexity index is 1210. The third-order valence-corrected chi connectivity index (χ3v) is 6.72. The molecule has 0 aliphatic heterocycles. The van der Waals surface area contributed by atoms with Crippen LogP contribution in [0.4, 0.5) is 5.88 Å². The molecule has 154 valence electrons. The van der Waals surface area contributed by atoms with E-state index in [1.165, 1.54) is 5.56 Å². The van der Waals surface area contributed by atoms with Gasteiger partial charge in [-0.3, -0.25) is 0 Å². The van der Waals surface area contributed by atoms with Gasteiger partial charge in [-0.1, -0.05) is 72.3 Å². The zero-order chi connectivity index (χ0) is 21.1. The first kappa shape index (κ1) is 20.2. The van der Waals surface area contributed by atoms with Crippen LogP contribution in [0.2, 0.25) is 0 Å². The molecule has 5 nitrogen and oxygen atoms in total. The summed E-state index contributed by atoms with van der Waals surface area (Å²) in [6.45, 7) is 4.02. The molecule has 2 aromatic carbocycles. The van der Waals surface area contributed by atoms with E-state index in [2.05, 4.69) is 35.0 Å². The molecule has 0 fully saturated rings. The fourth-order valence-corrected chi connectivity index (χ4v) is 4.55. The lowest BCUT2D eigenvalue weighted by Gasteiger charge is -2.17. The van der Waals surface area contributed by atoms with Crippen LogP contribution in [0, 0.1) is 5.92 Å². The predicted molar refractivity (Wildman–Crippen MR) is 119 cm³/mol. The first-order valence-electron chi connectivity index (χ1n) is 9.92. The van der Waals surface area contributed by atoms with Crippen molar-refractivity contribution in [3.63, 3.8) is 0 Å². The number of sulfonamides is 1. The van der Waals surface area contributed by atoms with Crippen LogP contribution in [-0.2, 0) is 16.4 Å². The lowest BCUT2D eigenvalue weighted by atomic mass is 9.95. The molecule has 1 aliphatic rings. The summed E-state index contributed by atoms with van der Waals surface area (Å²) in [4.78, 5) is 0.265. The van der Waals surface area contributed by atoms with Gasteiger partial charge in [-0.25, -0.2) is 13.1 Å². The second-order valence-electron chi connectivity index (χ2n) is 7.68. The smallest absolute Gasteiger partial charge is 0.263 e. The Kier molecular flexibility index (Phi) is 5.59. The number of nitrogens with zero attached hydrogens (tertiary/aromatic N) is 1. The monoisotopic (exact) mass is 420 g/mol. The molecule has 0 saturated carbocycles. The summed E-state index contributed by atoms with van der Waals surface area (Å²) >= 11 is 0. The van der Waals surface area contributed by atoms with Gasteiger partial charge in [0.2, 0.25) is 5.88 Å². The molecule has 0 radical (unpaired) electrons. The van der Waals surface area contributed by atoms with E-state index < -0.39 is 10.0 Å². The highest BCUT2D eigenvalue weighted by molar-refractivity contribution is 7.96. The van der Waals surface area contributed by atoms with E-state index in [4.69, 9.17) is 4.52 Å². The Morgan fingerprint density at radius 2 is 1.83 bits per heavy atom. The molecule has 6 heteroatoms. The van der Waals surface area contributed by atoms with E-state index in [1.54, 1.807) is 18.2 Å². The van der Waals surface area contributed by atoms with Crippen LogP contribution in [0.1, 0.15) is 31.4 Å². The van der Waals surface area contributed by atoms with Crippen molar-refractivity contribution in [2.45, 2.75) is 26.7 Å². The van der Waals surface area contributed by atoms with E-state index in [0.717, 1.165) is 23.1 Å². The van der Waals surface area contributed by atoms with E-state index in [1.807, 2.05) is 43.3 Å². The summed E-state index contributed by atoms with van der Waals surface area (Å²) in [5.41, 5.74) is 4.87. The van der Waals surface area contributed by atoms with E-state index >= 15 is 0 Å². The van der Waals surface area contributed by atoms with Gasteiger partial charge in [0.25, 0.3) is 10.0 Å². The minimum Gasteiger partial charge on any atom is -0.337 e. The lowest BCUT2D eigenvalue weighted by molar-refractivity contribution is 0.438. The van der Waals surface area contributed by atoms with Crippen molar-refractivity contribution in [3.8, 4) is 11.3 Å². The van der Waals surface area contributed by atoms with Crippen LogP contribution in [0.5, 0.6) is 0 Å². The second kappa shape index (κ2) is 8.32. The maximum atomic E-state index is 12.7. The molecule has 0 amide bonds. The number of anilines is 1. The van der Waals surface area contributed by atoms with Crippen molar-refractivity contribution < 1.29 is 12.9 Å². The van der Waals surface area contributed by atoms with Gasteiger partial charge in [0.1, 0.15) is 5.69 Å². The molecular formula is C24H24N2O3S. The summed E-state index contributed by atoms with van der Waals surface area (Å²) in [7, 11) is -3.71. The van der Waals surface area contributed by atoms with Gasteiger partial charge in [-0.2, -0.15) is 0 Å². The van der Waals surface area contributed by atoms with Crippen LogP contribution >= 0.6 is 0 Å². The molecule has 1 N–H and O–H groups in total. The maximum Gasteiger partial charge on any atom is 0.263 e. The van der Waals surface area contributed by atoms with Crippen molar-refractivity contribution in [1.29, 1.82) is 0 Å². The number of benzene rings is 2. The van der Waals surface area contributed by atoms with Crippen molar-refractivity contribution in [2.75, 3.05) is 4.72 Å². The Balaban J connectivity index is 1.51. The fraction of sp³-hybridized carbons (Fsp3) is 0.208. The minimum atomic E-state index is -3.71. The van der Waals surface area contributed by atoms with Crippen molar-refractivity contribution in [3.05, 3.63) is 94.4 Å². The zero-order valence-electron chi connectivity index (χ0n) is 17.0. The molecule has 1 aromatic heterocycles. The third-order valence-electron chi connectivity index (χ3n) is 5.35. The largest absolute Gasteiger partial charge is 0.337 e. The first-order valence-corrected chi connectivity index (χ1v) is 11.4. The van der Waals surface area contributed by atoms with Gasteiger partial charge in [0.05, 0.1) is 4.91 Å². The number of rotatable bonds is 6. The van der Waals surface area contributed by atoms with E-state index in [-0.39, 0.29) is 10.8 Å². The highest BCUT2D eigenvalue weighted by Crippen LogP contribution is 2.28. The van der Waals surface area contributed by atoms with E-state index in [9.17, 15) is 8.42 Å². The molecule has 0 saturated heterocycles. The lowest BCUT2D eigenvalue weighted by Crippen LogP contribution is -2.16. The molecule has 0 bridgehead atoms. The Labute approximate surface area is 177 Å². The molecule has 1 unspecified atom stereocenters. The van der Waals surface area contributed by atoms with Gasteiger partial charge < -0.3 is 4.52 Å². The van der Waals surface area contributed by atoms with Gasteiger partial charge in [0.15, 0.2) is 0 Å². The van der Waals surface area contributed by atoms with Gasteiger partial charge in [-0.05, 0) is 49.0 Å². The van der Waals surface area contributed by atoms with Gasteiger partial charge in [0, 0.05) is 11.6 Å². The van der Waals surface area contributed by atoms with Crippen LogP contribution < -0.4 is 4.72 Å². The van der Waals surface area contributed by atoms with Crippen LogP contribution in [0.15, 0.2) is 87.8 Å². The molecule has 30 heavy (non-hydrogen) atoms. The quantitative estimate of drug-likeness (QED) is 0.568. The van der Waals surface area contributed by atoms with Crippen molar-refractivity contribution in [2.24, 2.45) is 5.92 Å². The van der Waals surface area contributed by atoms with Crippen molar-refractivity contribution >= 4 is 15.9 Å². The summed E-state index contributed by atoms with van der Waals surface area (Å²) < 4.78 is 33.2. The van der Waals surface area contributed by atoms with Crippen LogP contribution in [-0.4, -0.2) is 13.6 Å². The highest BCUT2D eigenvalue weighted by atomic mass is 32.2. The molecule has 4 rings (SSSR count). The van der Waals surface area contributed by atoms with Crippen molar-refractivity contribution in [1.82, 2.24) is 5.16 Å². The number of aromatic nitrogens is 1. The van der Waals surface area contributed by atoms with Crippen LogP contribution in [0.3, 0.4) is 0 Å². The zero-order valence-corrected chi connectivity index (χ0v) is 17.8. The second-order valence-corrected chi connectivity index (χ2v) is 9.36. The summed E-state index contributed by atoms with van der Waals surface area (Å²) in [6.07, 6.45) is 4.96. The topological polar surface area (TPSA) is 72.2 Å². The molecule has 3 aromatic rings. The highest BCUT2D eigenvalue weighted by Gasteiger charge is 2.22. The first-order chi connectivity index (χ1) is 14.4. The number of hydrogen-bond donors (Lipinski definition) is 1. The summed E-state index contributed by atoms with van der Waals surface area (Å²) in [5.74, 6) is 0.452. The SMILES string of the molecule is CC1=CC(S(=O)(=O)Nc2cc(-c3cccc(Cc4ccccc4)c3)no2)=CCC1C. The summed E-state index contributed by atoms with van der Waals surface area (Å²) in [5, 5.41) is 4.05. The average molecular weight is 421 g/mol. The van der Waals surface area contributed by atoms with E-state index in [0.29, 0.717) is 18.0 Å². The average Bonchev–Trinajstić information content (AvgIpc) is 3.19. The Hall–Kier alpha value is -3.12. The Morgan fingerprint density at radius 3 is 2.60 bits per heavy atom. The van der Waals surface area contributed by atoms with Gasteiger partial charge >= 0.3 is 0 Å². The standard InChI is InChI=1S/C24H24N2O3S/c1-17-11-12-22(13-18(17)2)30(27,28)26-24-16-23(25-29-24)21-10-6-9-20(15-21)14-19-7-4-3-5-8-19/h3-10,12-13,15-17,26H,11,14H2,1-2H3. The maximum absolute atomic E-state index is 12.7. The molecule has 1 heterocycles.